The monoisotopic (exact) mass is 269 g/mol. The minimum atomic E-state index is -4.86. The highest BCUT2D eigenvalue weighted by Crippen LogP contribution is 2.39. The van der Waals surface area contributed by atoms with Gasteiger partial charge in [0.05, 0.1) is 5.56 Å². The van der Waals surface area contributed by atoms with Crippen LogP contribution in [0.1, 0.15) is 17.2 Å². The zero-order chi connectivity index (χ0) is 13.4. The fraction of sp³-hybridized carbons (Fsp3) is 0.222. The Labute approximate surface area is 98.4 Å². The molecule has 1 aromatic rings. The molecule has 94 valence electrons. The highest BCUT2D eigenvalue weighted by molar-refractivity contribution is 6.31. The number of halogens is 4. The summed E-state index contributed by atoms with van der Waals surface area (Å²) in [6.07, 6.45) is -7.21. The number of aliphatic hydroxyl groups excluding tert-OH is 1. The molecule has 0 aliphatic heterocycles. The molecule has 0 fully saturated rings. The SMILES string of the molecule is Nc1cc(Cl)cc(C(F)(F)F)c1C(O)C(=O)O. The second-order valence-corrected chi connectivity index (χ2v) is 3.63. The summed E-state index contributed by atoms with van der Waals surface area (Å²) < 4.78 is 37.8. The Morgan fingerprint density at radius 3 is 2.35 bits per heavy atom. The van der Waals surface area contributed by atoms with Crippen molar-refractivity contribution < 1.29 is 28.2 Å². The maximum absolute atomic E-state index is 12.6. The van der Waals surface area contributed by atoms with Crippen molar-refractivity contribution in [2.24, 2.45) is 0 Å². The summed E-state index contributed by atoms with van der Waals surface area (Å²) in [6, 6.07) is 1.46. The number of aliphatic hydroxyl groups is 1. The van der Waals surface area contributed by atoms with E-state index in [1.54, 1.807) is 0 Å². The second-order valence-electron chi connectivity index (χ2n) is 3.19. The average molecular weight is 270 g/mol. The van der Waals surface area contributed by atoms with Crippen LogP contribution in [0.2, 0.25) is 5.02 Å². The molecule has 1 atom stereocenters. The standard InChI is InChI=1S/C9H7ClF3NO3/c10-3-1-4(9(11,12)13)6(5(14)2-3)7(15)8(16)17/h1-2,7,15H,14H2,(H,16,17). The molecule has 1 rings (SSSR count). The van der Waals surface area contributed by atoms with E-state index in [2.05, 4.69) is 0 Å². The molecule has 0 amide bonds. The van der Waals surface area contributed by atoms with Gasteiger partial charge in [-0.25, -0.2) is 4.79 Å². The van der Waals surface area contributed by atoms with E-state index < -0.39 is 35.1 Å². The quantitative estimate of drug-likeness (QED) is 0.718. The van der Waals surface area contributed by atoms with Gasteiger partial charge in [-0.3, -0.25) is 0 Å². The summed E-state index contributed by atoms with van der Waals surface area (Å²) in [7, 11) is 0. The Bertz CT molecular complexity index is 462. The van der Waals surface area contributed by atoms with Gasteiger partial charge >= 0.3 is 12.1 Å². The molecule has 1 aromatic carbocycles. The van der Waals surface area contributed by atoms with Gasteiger partial charge < -0.3 is 15.9 Å². The zero-order valence-corrected chi connectivity index (χ0v) is 8.88. The molecule has 1 unspecified atom stereocenters. The molecule has 4 nitrogen and oxygen atoms in total. The van der Waals surface area contributed by atoms with E-state index in [0.29, 0.717) is 6.07 Å². The predicted octanol–water partition coefficient (Wildman–Crippen LogP) is 2.06. The van der Waals surface area contributed by atoms with Gasteiger partial charge in [0.1, 0.15) is 0 Å². The van der Waals surface area contributed by atoms with E-state index >= 15 is 0 Å². The van der Waals surface area contributed by atoms with Crippen LogP contribution in [-0.2, 0) is 11.0 Å². The Morgan fingerprint density at radius 2 is 1.94 bits per heavy atom. The van der Waals surface area contributed by atoms with Crippen molar-refractivity contribution in [1.29, 1.82) is 0 Å². The number of alkyl halides is 3. The van der Waals surface area contributed by atoms with Gasteiger partial charge in [-0.05, 0) is 12.1 Å². The number of benzene rings is 1. The Balaban J connectivity index is 3.52. The van der Waals surface area contributed by atoms with Crippen LogP contribution in [0.25, 0.3) is 0 Å². The fourth-order valence-corrected chi connectivity index (χ4v) is 1.53. The molecule has 17 heavy (non-hydrogen) atoms. The number of anilines is 1. The number of carbonyl (C=O) groups is 1. The highest BCUT2D eigenvalue weighted by Gasteiger charge is 2.38. The van der Waals surface area contributed by atoms with Gasteiger partial charge in [0.25, 0.3) is 0 Å². The fourth-order valence-electron chi connectivity index (χ4n) is 1.30. The molecule has 0 spiro atoms. The Kier molecular flexibility index (Phi) is 3.53. The molecule has 0 bridgehead atoms. The van der Waals surface area contributed by atoms with Gasteiger partial charge in [0.15, 0.2) is 6.10 Å². The van der Waals surface area contributed by atoms with Gasteiger partial charge in [0, 0.05) is 16.3 Å². The lowest BCUT2D eigenvalue weighted by molar-refractivity contribution is -0.149. The Hall–Kier alpha value is -1.47. The largest absolute Gasteiger partial charge is 0.479 e. The van der Waals surface area contributed by atoms with E-state index in [1.165, 1.54) is 0 Å². The normalized spacial score (nSPS) is 13.5. The number of aliphatic carboxylic acids is 1. The van der Waals surface area contributed by atoms with Crippen molar-refractivity contribution in [2.75, 3.05) is 5.73 Å². The number of hydrogen-bond donors (Lipinski definition) is 3. The smallest absolute Gasteiger partial charge is 0.416 e. The van der Waals surface area contributed by atoms with E-state index in [4.69, 9.17) is 22.4 Å². The molecule has 0 heterocycles. The van der Waals surface area contributed by atoms with E-state index in [0.717, 1.165) is 6.07 Å². The van der Waals surface area contributed by atoms with Crippen molar-refractivity contribution >= 4 is 23.3 Å². The maximum Gasteiger partial charge on any atom is 0.416 e. The summed E-state index contributed by atoms with van der Waals surface area (Å²) in [5.41, 5.74) is 2.45. The lowest BCUT2D eigenvalue weighted by atomic mass is 10.00. The van der Waals surface area contributed by atoms with Crippen LogP contribution in [0.3, 0.4) is 0 Å². The molecule has 0 aromatic heterocycles. The summed E-state index contributed by atoms with van der Waals surface area (Å²) >= 11 is 5.40. The van der Waals surface area contributed by atoms with Crippen LogP contribution in [0, 0.1) is 0 Å². The third-order valence-corrected chi connectivity index (χ3v) is 2.21. The molecule has 0 saturated heterocycles. The van der Waals surface area contributed by atoms with Crippen molar-refractivity contribution in [3.05, 3.63) is 28.3 Å². The summed E-state index contributed by atoms with van der Waals surface area (Å²) in [5, 5.41) is 17.4. The van der Waals surface area contributed by atoms with Crippen LogP contribution in [0.15, 0.2) is 12.1 Å². The number of carboxylic acids is 1. The van der Waals surface area contributed by atoms with Crippen molar-refractivity contribution in [3.8, 4) is 0 Å². The molecule has 0 saturated carbocycles. The number of hydrogen-bond acceptors (Lipinski definition) is 3. The molecule has 8 heteroatoms. The van der Waals surface area contributed by atoms with Crippen molar-refractivity contribution in [1.82, 2.24) is 0 Å². The summed E-state index contributed by atoms with van der Waals surface area (Å²) in [5.74, 6) is -1.83. The molecular formula is C9H7ClF3NO3. The predicted molar refractivity (Wildman–Crippen MR) is 53.5 cm³/mol. The van der Waals surface area contributed by atoms with Crippen molar-refractivity contribution in [2.45, 2.75) is 12.3 Å². The highest BCUT2D eigenvalue weighted by atomic mass is 35.5. The van der Waals surface area contributed by atoms with Crippen LogP contribution >= 0.6 is 11.6 Å². The lowest BCUT2D eigenvalue weighted by Crippen LogP contribution is -2.19. The Morgan fingerprint density at radius 1 is 1.41 bits per heavy atom. The summed E-state index contributed by atoms with van der Waals surface area (Å²) in [6.45, 7) is 0. The van der Waals surface area contributed by atoms with Crippen molar-refractivity contribution in [3.63, 3.8) is 0 Å². The molecule has 0 aliphatic rings. The van der Waals surface area contributed by atoms with Gasteiger partial charge in [0.2, 0.25) is 0 Å². The number of rotatable bonds is 2. The minimum Gasteiger partial charge on any atom is -0.479 e. The second kappa shape index (κ2) is 4.42. The third kappa shape index (κ3) is 2.80. The molecule has 0 radical (unpaired) electrons. The number of carboxylic acid groups (broad SMARTS) is 1. The van der Waals surface area contributed by atoms with Gasteiger partial charge in [-0.1, -0.05) is 11.6 Å². The summed E-state index contributed by atoms with van der Waals surface area (Å²) in [4.78, 5) is 10.5. The minimum absolute atomic E-state index is 0.295. The van der Waals surface area contributed by atoms with Crippen LogP contribution in [0.5, 0.6) is 0 Å². The number of nitrogen functional groups attached to an aromatic ring is 1. The van der Waals surface area contributed by atoms with Crippen LogP contribution in [-0.4, -0.2) is 16.2 Å². The van der Waals surface area contributed by atoms with E-state index in [9.17, 15) is 23.1 Å². The first kappa shape index (κ1) is 13.6. The number of nitrogens with two attached hydrogens (primary N) is 1. The van der Waals surface area contributed by atoms with Gasteiger partial charge in [-0.2, -0.15) is 13.2 Å². The first-order chi connectivity index (χ1) is 7.64. The lowest BCUT2D eigenvalue weighted by Gasteiger charge is -2.17. The molecule has 0 aliphatic carbocycles. The zero-order valence-electron chi connectivity index (χ0n) is 8.12. The molecular weight excluding hydrogens is 263 g/mol. The van der Waals surface area contributed by atoms with E-state index in [1.807, 2.05) is 0 Å². The van der Waals surface area contributed by atoms with Crippen LogP contribution < -0.4 is 5.73 Å². The first-order valence-electron chi connectivity index (χ1n) is 4.21. The van der Waals surface area contributed by atoms with E-state index in [-0.39, 0.29) is 5.02 Å². The first-order valence-corrected chi connectivity index (χ1v) is 4.59. The molecule has 4 N–H and O–H groups in total. The topological polar surface area (TPSA) is 83.5 Å². The third-order valence-electron chi connectivity index (χ3n) is 1.99. The van der Waals surface area contributed by atoms with Crippen LogP contribution in [0.4, 0.5) is 18.9 Å². The maximum atomic E-state index is 12.6. The average Bonchev–Trinajstić information content (AvgIpc) is 2.14. The van der Waals surface area contributed by atoms with Gasteiger partial charge in [-0.15, -0.1) is 0 Å².